The Morgan fingerprint density at radius 1 is 1.16 bits per heavy atom. The number of carbonyl (C=O) groups excluding carboxylic acids is 2. The van der Waals surface area contributed by atoms with Crippen LogP contribution in [0, 0.1) is 5.82 Å². The summed E-state index contributed by atoms with van der Waals surface area (Å²) in [7, 11) is 0. The molecule has 0 amide bonds. The molecule has 1 saturated carbocycles. The predicted molar refractivity (Wildman–Crippen MR) is 119 cm³/mol. The predicted octanol–water partition coefficient (Wildman–Crippen LogP) is 3.01. The zero-order valence-electron chi connectivity index (χ0n) is 17.5. The van der Waals surface area contributed by atoms with Crippen molar-refractivity contribution in [2.75, 3.05) is 0 Å². The third-order valence-electron chi connectivity index (χ3n) is 5.32. The van der Waals surface area contributed by atoms with Gasteiger partial charge in [-0.1, -0.05) is 42.5 Å². The fourth-order valence-electron chi connectivity index (χ4n) is 3.75. The van der Waals surface area contributed by atoms with Crippen LogP contribution in [-0.2, 0) is 9.59 Å². The molecule has 2 aromatic carbocycles. The van der Waals surface area contributed by atoms with Crippen molar-refractivity contribution in [1.82, 2.24) is 4.98 Å². The van der Waals surface area contributed by atoms with Crippen molar-refractivity contribution >= 4 is 66.5 Å². The Hall–Kier alpha value is -2.12. The van der Waals surface area contributed by atoms with Gasteiger partial charge in [0.05, 0.1) is 17.3 Å². The van der Waals surface area contributed by atoms with Crippen LogP contribution in [0.2, 0.25) is 0 Å². The number of Topliss-reactive ketones (excluding diaryl/α,β-unsaturated/α-hetero) is 1. The molecule has 0 spiro atoms. The molecule has 0 aliphatic heterocycles. The van der Waals surface area contributed by atoms with Crippen molar-refractivity contribution in [2.45, 2.75) is 37.7 Å². The van der Waals surface area contributed by atoms with Crippen LogP contribution in [0.25, 0.3) is 28.1 Å². The summed E-state index contributed by atoms with van der Waals surface area (Å²) in [6, 6.07) is 14.0. The van der Waals surface area contributed by atoms with Crippen molar-refractivity contribution in [3.63, 3.8) is 0 Å². The fourth-order valence-corrected chi connectivity index (χ4v) is 3.75. The van der Waals surface area contributed by atoms with Crippen molar-refractivity contribution < 1.29 is 24.2 Å². The zero-order chi connectivity index (χ0) is 22.0. The molecule has 1 fully saturated rings. The first kappa shape index (κ1) is 24.5. The molecule has 4 rings (SSSR count). The van der Waals surface area contributed by atoms with E-state index in [2.05, 4.69) is 0 Å². The van der Waals surface area contributed by atoms with Crippen LogP contribution in [0.15, 0.2) is 54.6 Å². The van der Waals surface area contributed by atoms with E-state index in [1.807, 2.05) is 24.3 Å². The van der Waals surface area contributed by atoms with E-state index >= 15 is 0 Å². The third kappa shape index (κ3) is 5.81. The van der Waals surface area contributed by atoms with Crippen molar-refractivity contribution in [3.05, 3.63) is 71.7 Å². The average molecular weight is 459 g/mol. The van der Waals surface area contributed by atoms with E-state index in [-0.39, 0.29) is 50.0 Å². The van der Waals surface area contributed by atoms with E-state index in [4.69, 9.17) is 4.98 Å². The monoisotopic (exact) mass is 458 g/mol. The number of rotatable bonds is 8. The van der Waals surface area contributed by atoms with Gasteiger partial charge in [-0.05, 0) is 36.6 Å². The molecule has 0 radical (unpaired) electrons. The van der Waals surface area contributed by atoms with E-state index in [0.29, 0.717) is 5.92 Å². The number of carboxylic acids is 1. The van der Waals surface area contributed by atoms with Gasteiger partial charge >= 0.3 is 37.7 Å². The molecule has 0 saturated heterocycles. The molecule has 5 nitrogen and oxygen atoms in total. The van der Waals surface area contributed by atoms with E-state index in [9.17, 15) is 24.2 Å². The SMILES string of the molecule is O=C([O-])CC(=O)C[C@H](O)/C=C/c1c(C2CC2)nc2ccccc2c1-c1ccc(F)cc1.[Ca+2]. The molecule has 7 heteroatoms. The van der Waals surface area contributed by atoms with Gasteiger partial charge in [-0.2, -0.15) is 0 Å². The van der Waals surface area contributed by atoms with Gasteiger partial charge in [0.15, 0.2) is 0 Å². The molecule has 1 atom stereocenters. The topological polar surface area (TPSA) is 90.3 Å². The number of halogens is 1. The number of aliphatic hydroxyl groups is 1. The van der Waals surface area contributed by atoms with E-state index in [1.54, 1.807) is 18.2 Å². The first-order valence-electron chi connectivity index (χ1n) is 10.2. The van der Waals surface area contributed by atoms with Gasteiger partial charge in [0, 0.05) is 41.2 Å². The number of benzene rings is 2. The van der Waals surface area contributed by atoms with Gasteiger partial charge in [0.2, 0.25) is 0 Å². The minimum absolute atomic E-state index is 0. The maximum atomic E-state index is 13.6. The number of para-hydroxylation sites is 1. The minimum atomic E-state index is -1.46. The van der Waals surface area contributed by atoms with Gasteiger partial charge in [0.1, 0.15) is 11.6 Å². The molecule has 1 N–H and O–H groups in total. The number of pyridine rings is 1. The number of aliphatic carboxylic acids is 1. The average Bonchev–Trinajstić information content (AvgIpc) is 3.56. The number of nitrogens with zero attached hydrogens (tertiary/aromatic N) is 1. The van der Waals surface area contributed by atoms with Gasteiger partial charge < -0.3 is 15.0 Å². The fraction of sp³-hybridized carbons (Fsp3) is 0.240. The molecular weight excluding hydrogens is 437 g/mol. The molecule has 1 aromatic heterocycles. The molecule has 0 bridgehead atoms. The molecule has 158 valence electrons. The number of hydrogen-bond acceptors (Lipinski definition) is 5. The smallest absolute Gasteiger partial charge is 0.550 e. The molecule has 1 aliphatic carbocycles. The van der Waals surface area contributed by atoms with Gasteiger partial charge in [-0.15, -0.1) is 0 Å². The second kappa shape index (κ2) is 10.7. The number of carbonyl (C=O) groups is 2. The summed E-state index contributed by atoms with van der Waals surface area (Å²) in [5.41, 5.74) is 4.27. The first-order chi connectivity index (χ1) is 14.9. The van der Waals surface area contributed by atoms with Gasteiger partial charge in [-0.25, -0.2) is 4.39 Å². The number of aromatic nitrogens is 1. The summed E-state index contributed by atoms with van der Waals surface area (Å²) in [5.74, 6) is -2.09. The summed E-state index contributed by atoms with van der Waals surface area (Å²) < 4.78 is 13.6. The second-order valence-corrected chi connectivity index (χ2v) is 7.80. The third-order valence-corrected chi connectivity index (χ3v) is 5.32. The van der Waals surface area contributed by atoms with E-state index < -0.39 is 24.3 Å². The van der Waals surface area contributed by atoms with Crippen LogP contribution in [0.1, 0.15) is 42.9 Å². The summed E-state index contributed by atoms with van der Waals surface area (Å²) >= 11 is 0. The van der Waals surface area contributed by atoms with Crippen LogP contribution in [0.3, 0.4) is 0 Å². The normalized spacial score (nSPS) is 14.3. The minimum Gasteiger partial charge on any atom is -0.550 e. The van der Waals surface area contributed by atoms with Crippen molar-refractivity contribution in [3.8, 4) is 11.1 Å². The summed E-state index contributed by atoms with van der Waals surface area (Å²) in [6.45, 7) is 0. The Kier molecular flexibility index (Phi) is 8.17. The van der Waals surface area contributed by atoms with Crippen molar-refractivity contribution in [1.29, 1.82) is 0 Å². The summed E-state index contributed by atoms with van der Waals surface area (Å²) in [6.07, 6.45) is 3.09. The van der Waals surface area contributed by atoms with Gasteiger partial charge in [0.25, 0.3) is 0 Å². The zero-order valence-corrected chi connectivity index (χ0v) is 19.7. The second-order valence-electron chi connectivity index (χ2n) is 7.80. The van der Waals surface area contributed by atoms with E-state index in [1.165, 1.54) is 18.2 Å². The Bertz CT molecular complexity index is 1170. The largest absolute Gasteiger partial charge is 2.00 e. The Morgan fingerprint density at radius 3 is 2.50 bits per heavy atom. The molecule has 0 unspecified atom stereocenters. The van der Waals surface area contributed by atoms with Crippen molar-refractivity contribution in [2.24, 2.45) is 0 Å². The number of ketones is 1. The maximum Gasteiger partial charge on any atom is 2.00 e. The maximum absolute atomic E-state index is 13.6. The number of aliphatic hydroxyl groups excluding tert-OH is 1. The van der Waals surface area contributed by atoms with Crippen LogP contribution in [0.5, 0.6) is 0 Å². The quantitative estimate of drug-likeness (QED) is 0.414. The molecular formula is C25H21CaFNO4+. The number of fused-ring (bicyclic) bond motifs is 1. The Balaban J connectivity index is 0.00000289. The van der Waals surface area contributed by atoms with Crippen LogP contribution in [-0.4, -0.2) is 65.7 Å². The molecule has 1 heterocycles. The summed E-state index contributed by atoms with van der Waals surface area (Å²) in [5, 5.41) is 21.7. The molecule has 32 heavy (non-hydrogen) atoms. The van der Waals surface area contributed by atoms with Crippen LogP contribution in [0.4, 0.5) is 4.39 Å². The first-order valence-corrected chi connectivity index (χ1v) is 10.2. The molecule has 3 aromatic rings. The van der Waals surface area contributed by atoms with Gasteiger partial charge in [-0.3, -0.25) is 9.78 Å². The Morgan fingerprint density at radius 2 is 1.84 bits per heavy atom. The Labute approximate surface area is 215 Å². The molecule has 1 aliphatic rings. The van der Waals surface area contributed by atoms with Crippen LogP contribution >= 0.6 is 0 Å². The number of hydrogen-bond donors (Lipinski definition) is 1. The van der Waals surface area contributed by atoms with Crippen LogP contribution < -0.4 is 5.11 Å². The number of carboxylic acid groups (broad SMARTS) is 1. The van der Waals surface area contributed by atoms with E-state index in [0.717, 1.165) is 46.1 Å². The summed E-state index contributed by atoms with van der Waals surface area (Å²) in [4.78, 5) is 27.1. The standard InChI is InChI=1S/C25H22FNO4.Ca/c26-17-9-7-15(8-10-17)24-20-3-1-2-4-22(20)27-25(16-5-6-16)21(24)12-11-18(28)13-19(29)14-23(30)31;/h1-4,7-12,16,18,28H,5-6,13-14H2,(H,30,31);/q;+2/p-1/b12-11+;/t18-;/m1./s1.